The SMILES string of the molecule is CC1(C)C(CNC(=O)C2COCC2N)C1(C)C. The fourth-order valence-electron chi connectivity index (χ4n) is 3.02. The molecule has 0 aromatic heterocycles. The van der Waals surface area contributed by atoms with Gasteiger partial charge >= 0.3 is 0 Å². The zero-order valence-corrected chi connectivity index (χ0v) is 11.2. The first kappa shape index (κ1) is 12.8. The van der Waals surface area contributed by atoms with E-state index in [9.17, 15) is 4.79 Å². The van der Waals surface area contributed by atoms with Gasteiger partial charge in [0.1, 0.15) is 0 Å². The first-order valence-corrected chi connectivity index (χ1v) is 6.39. The Balaban J connectivity index is 1.82. The third-order valence-corrected chi connectivity index (χ3v) is 5.26. The molecule has 1 aliphatic carbocycles. The van der Waals surface area contributed by atoms with Crippen molar-refractivity contribution < 1.29 is 9.53 Å². The Labute approximate surface area is 103 Å². The third kappa shape index (κ3) is 1.97. The zero-order valence-electron chi connectivity index (χ0n) is 11.2. The van der Waals surface area contributed by atoms with Crippen LogP contribution < -0.4 is 11.1 Å². The lowest BCUT2D eigenvalue weighted by atomic mass is 10.0. The summed E-state index contributed by atoms with van der Waals surface area (Å²) >= 11 is 0. The molecule has 4 nitrogen and oxygen atoms in total. The minimum absolute atomic E-state index is 0.0495. The predicted molar refractivity (Wildman–Crippen MR) is 66.3 cm³/mol. The molecule has 0 radical (unpaired) electrons. The molecule has 4 heteroatoms. The van der Waals surface area contributed by atoms with Crippen molar-refractivity contribution in [1.29, 1.82) is 0 Å². The highest BCUT2D eigenvalue weighted by Crippen LogP contribution is 2.67. The van der Waals surface area contributed by atoms with Crippen LogP contribution in [0.1, 0.15) is 27.7 Å². The van der Waals surface area contributed by atoms with E-state index in [1.165, 1.54) is 0 Å². The number of ether oxygens (including phenoxy) is 1. The molecule has 0 spiro atoms. The van der Waals surface area contributed by atoms with Gasteiger partial charge in [-0.2, -0.15) is 0 Å². The van der Waals surface area contributed by atoms with Crippen LogP contribution in [-0.2, 0) is 9.53 Å². The van der Waals surface area contributed by atoms with Crippen LogP contribution >= 0.6 is 0 Å². The van der Waals surface area contributed by atoms with Gasteiger partial charge in [-0.1, -0.05) is 27.7 Å². The van der Waals surface area contributed by atoms with Gasteiger partial charge in [-0.05, 0) is 16.7 Å². The second kappa shape index (κ2) is 3.95. The lowest BCUT2D eigenvalue weighted by Crippen LogP contribution is -2.41. The summed E-state index contributed by atoms with van der Waals surface area (Å²) in [6, 6.07) is -0.143. The average molecular weight is 240 g/mol. The smallest absolute Gasteiger partial charge is 0.227 e. The molecule has 2 atom stereocenters. The second-order valence-corrected chi connectivity index (χ2v) is 6.55. The van der Waals surface area contributed by atoms with Crippen molar-refractivity contribution in [2.75, 3.05) is 19.8 Å². The molecule has 17 heavy (non-hydrogen) atoms. The second-order valence-electron chi connectivity index (χ2n) is 6.55. The van der Waals surface area contributed by atoms with Crippen molar-refractivity contribution in [1.82, 2.24) is 5.32 Å². The quantitative estimate of drug-likeness (QED) is 0.765. The summed E-state index contributed by atoms with van der Waals surface area (Å²) in [7, 11) is 0. The van der Waals surface area contributed by atoms with Crippen LogP contribution in [0.15, 0.2) is 0 Å². The summed E-state index contributed by atoms with van der Waals surface area (Å²) in [5.74, 6) is 0.436. The fourth-order valence-corrected chi connectivity index (χ4v) is 3.02. The van der Waals surface area contributed by atoms with E-state index >= 15 is 0 Å². The van der Waals surface area contributed by atoms with Crippen molar-refractivity contribution in [3.63, 3.8) is 0 Å². The maximum atomic E-state index is 11.9. The van der Waals surface area contributed by atoms with E-state index in [1.807, 2.05) is 0 Å². The average Bonchev–Trinajstić information content (AvgIpc) is 2.55. The normalized spacial score (nSPS) is 34.6. The minimum Gasteiger partial charge on any atom is -0.379 e. The van der Waals surface area contributed by atoms with Crippen LogP contribution in [0.4, 0.5) is 0 Å². The first-order chi connectivity index (χ1) is 7.78. The van der Waals surface area contributed by atoms with E-state index in [2.05, 4.69) is 33.0 Å². The maximum Gasteiger partial charge on any atom is 0.227 e. The molecular formula is C13H24N2O2. The van der Waals surface area contributed by atoms with Gasteiger partial charge in [0.15, 0.2) is 0 Å². The van der Waals surface area contributed by atoms with Gasteiger partial charge in [-0.3, -0.25) is 4.79 Å². The summed E-state index contributed by atoms with van der Waals surface area (Å²) in [5.41, 5.74) is 6.45. The van der Waals surface area contributed by atoms with Gasteiger partial charge in [0.2, 0.25) is 5.91 Å². The number of amides is 1. The van der Waals surface area contributed by atoms with Crippen molar-refractivity contribution >= 4 is 5.91 Å². The van der Waals surface area contributed by atoms with Crippen molar-refractivity contribution in [3.8, 4) is 0 Å². The number of nitrogens with one attached hydrogen (secondary N) is 1. The monoisotopic (exact) mass is 240 g/mol. The van der Waals surface area contributed by atoms with E-state index < -0.39 is 0 Å². The number of carbonyl (C=O) groups is 1. The van der Waals surface area contributed by atoms with Gasteiger partial charge in [0.05, 0.1) is 19.1 Å². The van der Waals surface area contributed by atoms with Gasteiger partial charge in [0, 0.05) is 12.6 Å². The highest BCUT2D eigenvalue weighted by atomic mass is 16.5. The molecule has 1 heterocycles. The molecule has 1 saturated heterocycles. The predicted octanol–water partition coefficient (Wildman–Crippen LogP) is 0.759. The fraction of sp³-hybridized carbons (Fsp3) is 0.923. The Hall–Kier alpha value is -0.610. The van der Waals surface area contributed by atoms with Gasteiger partial charge < -0.3 is 15.8 Å². The van der Waals surface area contributed by atoms with E-state index in [1.54, 1.807) is 0 Å². The molecule has 1 saturated carbocycles. The number of rotatable bonds is 3. The van der Waals surface area contributed by atoms with Crippen LogP contribution in [-0.4, -0.2) is 31.7 Å². The molecule has 3 N–H and O–H groups in total. The molecule has 98 valence electrons. The Morgan fingerprint density at radius 3 is 2.29 bits per heavy atom. The molecule has 0 aromatic rings. The molecule has 0 bridgehead atoms. The number of carbonyl (C=O) groups excluding carboxylic acids is 1. The molecule has 2 aliphatic rings. The van der Waals surface area contributed by atoms with Crippen LogP contribution in [0, 0.1) is 22.7 Å². The zero-order chi connectivity index (χ0) is 12.8. The van der Waals surface area contributed by atoms with E-state index in [-0.39, 0.29) is 17.9 Å². The summed E-state index contributed by atoms with van der Waals surface area (Å²) in [5, 5.41) is 3.03. The number of hydrogen-bond acceptors (Lipinski definition) is 3. The molecule has 1 amide bonds. The van der Waals surface area contributed by atoms with Crippen molar-refractivity contribution in [3.05, 3.63) is 0 Å². The lowest BCUT2D eigenvalue weighted by molar-refractivity contribution is -0.125. The topological polar surface area (TPSA) is 64.3 Å². The van der Waals surface area contributed by atoms with Crippen LogP contribution in [0.3, 0.4) is 0 Å². The molecule has 0 aromatic carbocycles. The summed E-state index contributed by atoms with van der Waals surface area (Å²) in [6.45, 7) is 10.7. The summed E-state index contributed by atoms with van der Waals surface area (Å²) in [4.78, 5) is 11.9. The van der Waals surface area contributed by atoms with Gasteiger partial charge in [-0.15, -0.1) is 0 Å². The van der Waals surface area contributed by atoms with Gasteiger partial charge in [0.25, 0.3) is 0 Å². The Morgan fingerprint density at radius 1 is 1.29 bits per heavy atom. The van der Waals surface area contributed by atoms with E-state index in [4.69, 9.17) is 10.5 Å². The van der Waals surface area contributed by atoms with Crippen LogP contribution in [0.25, 0.3) is 0 Å². The Morgan fingerprint density at radius 2 is 1.88 bits per heavy atom. The Bertz CT molecular complexity index is 311. The largest absolute Gasteiger partial charge is 0.379 e. The summed E-state index contributed by atoms with van der Waals surface area (Å²) in [6.07, 6.45) is 0. The van der Waals surface area contributed by atoms with E-state index in [0.29, 0.717) is 30.0 Å². The minimum atomic E-state index is -0.167. The molecule has 2 unspecified atom stereocenters. The van der Waals surface area contributed by atoms with Crippen LogP contribution in [0.2, 0.25) is 0 Å². The maximum absolute atomic E-state index is 11.9. The number of nitrogens with two attached hydrogens (primary N) is 1. The number of hydrogen-bond donors (Lipinski definition) is 2. The molecule has 1 aliphatic heterocycles. The van der Waals surface area contributed by atoms with Crippen molar-refractivity contribution in [2.24, 2.45) is 28.4 Å². The standard InChI is InChI=1S/C13H24N2O2/c1-12(2)10(13(12,3)4)5-15-11(16)8-6-17-7-9(8)14/h8-10H,5-7,14H2,1-4H3,(H,15,16). The van der Waals surface area contributed by atoms with E-state index in [0.717, 1.165) is 6.54 Å². The van der Waals surface area contributed by atoms with Crippen LogP contribution in [0.5, 0.6) is 0 Å². The third-order valence-electron chi connectivity index (χ3n) is 5.26. The molecule has 2 fully saturated rings. The molecule has 2 rings (SSSR count). The van der Waals surface area contributed by atoms with Gasteiger partial charge in [-0.25, -0.2) is 0 Å². The first-order valence-electron chi connectivity index (χ1n) is 6.39. The highest BCUT2D eigenvalue weighted by Gasteiger charge is 2.64. The Kier molecular flexibility index (Phi) is 2.99. The summed E-state index contributed by atoms with van der Waals surface area (Å²) < 4.78 is 5.21. The lowest BCUT2D eigenvalue weighted by Gasteiger charge is -2.13. The van der Waals surface area contributed by atoms with Crippen molar-refractivity contribution in [2.45, 2.75) is 33.7 Å². The highest BCUT2D eigenvalue weighted by molar-refractivity contribution is 5.79. The molecular weight excluding hydrogens is 216 g/mol.